The number of ether oxygens (including phenoxy) is 1. The second-order valence-corrected chi connectivity index (χ2v) is 4.15. The van der Waals surface area contributed by atoms with E-state index < -0.39 is 5.97 Å². The maximum Gasteiger partial charge on any atom is 0.337 e. The number of hydrogen-bond donors (Lipinski definition) is 1. The molecular weight excluding hydrogens is 214 g/mol. The molecule has 0 amide bonds. The van der Waals surface area contributed by atoms with Gasteiger partial charge in [0, 0.05) is 11.9 Å². The van der Waals surface area contributed by atoms with Gasteiger partial charge in [-0.1, -0.05) is 6.92 Å². The Hall–Kier alpha value is -1.23. The third kappa shape index (κ3) is 4.20. The quantitative estimate of drug-likeness (QED) is 0.752. The van der Waals surface area contributed by atoms with E-state index in [4.69, 9.17) is 9.84 Å². The molecule has 82 valence electrons. The zero-order chi connectivity index (χ0) is 11.1. The topological polar surface area (TPSA) is 59.4 Å². The monoisotopic (exact) mass is 227 g/mol. The van der Waals surface area contributed by atoms with Crippen LogP contribution >= 0.6 is 11.8 Å². The van der Waals surface area contributed by atoms with Gasteiger partial charge in [-0.3, -0.25) is 4.98 Å². The number of nitrogens with zero attached hydrogens (tertiary/aromatic N) is 1. The first-order valence-corrected chi connectivity index (χ1v) is 5.78. The normalized spacial score (nSPS) is 9.93. The van der Waals surface area contributed by atoms with Gasteiger partial charge in [0.15, 0.2) is 0 Å². The Kier molecular flexibility index (Phi) is 4.97. The summed E-state index contributed by atoms with van der Waals surface area (Å²) in [4.78, 5) is 14.4. The first kappa shape index (κ1) is 11.8. The number of carboxylic acids is 1. The lowest BCUT2D eigenvalue weighted by atomic mass is 10.3. The van der Waals surface area contributed by atoms with E-state index in [1.165, 1.54) is 18.5 Å². The predicted octanol–water partition coefficient (Wildman–Crippen LogP) is 1.91. The van der Waals surface area contributed by atoms with Crippen LogP contribution in [0.25, 0.3) is 0 Å². The van der Waals surface area contributed by atoms with E-state index in [-0.39, 0.29) is 5.56 Å². The molecule has 0 aliphatic carbocycles. The third-order valence-corrected chi connectivity index (χ3v) is 2.52. The van der Waals surface area contributed by atoms with Gasteiger partial charge in [-0.05, 0) is 11.8 Å². The van der Waals surface area contributed by atoms with Gasteiger partial charge in [-0.15, -0.1) is 0 Å². The van der Waals surface area contributed by atoms with Crippen LogP contribution in [0, 0.1) is 0 Å². The van der Waals surface area contributed by atoms with E-state index in [1.54, 1.807) is 11.8 Å². The number of carboxylic acid groups (broad SMARTS) is 1. The molecule has 0 spiro atoms. The second-order valence-electron chi connectivity index (χ2n) is 2.76. The van der Waals surface area contributed by atoms with Crippen molar-refractivity contribution in [3.63, 3.8) is 0 Å². The molecule has 0 aliphatic rings. The lowest BCUT2D eigenvalue weighted by Gasteiger charge is -2.05. The minimum atomic E-state index is -0.990. The molecular formula is C10H13NO3S. The number of aromatic carboxylic acids is 1. The molecule has 0 aliphatic heterocycles. The summed E-state index contributed by atoms with van der Waals surface area (Å²) in [5.74, 6) is 1.47. The average molecular weight is 227 g/mol. The fourth-order valence-corrected chi connectivity index (χ4v) is 1.47. The molecule has 0 saturated carbocycles. The molecule has 0 unspecified atom stereocenters. The van der Waals surface area contributed by atoms with Gasteiger partial charge in [0.05, 0.1) is 18.4 Å². The molecule has 0 bridgehead atoms. The van der Waals surface area contributed by atoms with Crippen molar-refractivity contribution in [2.24, 2.45) is 0 Å². The van der Waals surface area contributed by atoms with Crippen LogP contribution in [0.3, 0.4) is 0 Å². The van der Waals surface area contributed by atoms with E-state index in [2.05, 4.69) is 11.9 Å². The molecule has 15 heavy (non-hydrogen) atoms. The first-order valence-electron chi connectivity index (χ1n) is 4.63. The Labute approximate surface area is 92.7 Å². The molecule has 0 aromatic carbocycles. The number of hydrogen-bond acceptors (Lipinski definition) is 4. The molecule has 1 N–H and O–H groups in total. The first-order chi connectivity index (χ1) is 7.24. The van der Waals surface area contributed by atoms with Crippen LogP contribution in [0.5, 0.6) is 5.75 Å². The Balaban J connectivity index is 2.47. The van der Waals surface area contributed by atoms with Gasteiger partial charge in [0.1, 0.15) is 5.75 Å². The maximum atomic E-state index is 10.6. The molecule has 0 fully saturated rings. The minimum absolute atomic E-state index is 0.149. The highest BCUT2D eigenvalue weighted by atomic mass is 32.2. The summed E-state index contributed by atoms with van der Waals surface area (Å²) in [5.41, 5.74) is 0.149. The van der Waals surface area contributed by atoms with E-state index in [0.29, 0.717) is 12.4 Å². The molecule has 4 nitrogen and oxygen atoms in total. The van der Waals surface area contributed by atoms with Crippen LogP contribution in [0.4, 0.5) is 0 Å². The van der Waals surface area contributed by atoms with Crippen LogP contribution in [0.15, 0.2) is 18.5 Å². The van der Waals surface area contributed by atoms with Gasteiger partial charge >= 0.3 is 5.97 Å². The summed E-state index contributed by atoms with van der Waals surface area (Å²) in [7, 11) is 0. The second kappa shape index (κ2) is 6.29. The van der Waals surface area contributed by atoms with Gasteiger partial charge < -0.3 is 9.84 Å². The summed E-state index contributed by atoms with van der Waals surface area (Å²) >= 11 is 1.78. The number of thioether (sulfide) groups is 1. The summed E-state index contributed by atoms with van der Waals surface area (Å²) < 4.78 is 5.35. The fourth-order valence-electron chi connectivity index (χ4n) is 0.978. The molecule has 1 heterocycles. The summed E-state index contributed by atoms with van der Waals surface area (Å²) in [5, 5.41) is 8.72. The van der Waals surface area contributed by atoms with Crippen LogP contribution in [0.1, 0.15) is 17.3 Å². The zero-order valence-corrected chi connectivity index (χ0v) is 9.29. The lowest BCUT2D eigenvalue weighted by molar-refractivity contribution is 0.0696. The molecule has 0 radical (unpaired) electrons. The van der Waals surface area contributed by atoms with E-state index >= 15 is 0 Å². The van der Waals surface area contributed by atoms with E-state index in [1.807, 2.05) is 0 Å². The lowest BCUT2D eigenvalue weighted by Crippen LogP contribution is -2.03. The number of aromatic nitrogens is 1. The van der Waals surface area contributed by atoms with Gasteiger partial charge in [0.25, 0.3) is 0 Å². The van der Waals surface area contributed by atoms with Crippen molar-refractivity contribution in [2.45, 2.75) is 6.92 Å². The van der Waals surface area contributed by atoms with Gasteiger partial charge in [0.2, 0.25) is 0 Å². The van der Waals surface area contributed by atoms with Crippen molar-refractivity contribution in [1.29, 1.82) is 0 Å². The highest BCUT2D eigenvalue weighted by Crippen LogP contribution is 2.11. The average Bonchev–Trinajstić information content (AvgIpc) is 2.25. The summed E-state index contributed by atoms with van der Waals surface area (Å²) in [6.07, 6.45) is 2.82. The number of pyridine rings is 1. The van der Waals surface area contributed by atoms with Gasteiger partial charge in [-0.25, -0.2) is 4.79 Å². The van der Waals surface area contributed by atoms with Crippen molar-refractivity contribution in [1.82, 2.24) is 4.98 Å². The van der Waals surface area contributed by atoms with Gasteiger partial charge in [-0.2, -0.15) is 11.8 Å². The van der Waals surface area contributed by atoms with Crippen molar-refractivity contribution in [3.8, 4) is 5.75 Å². The van der Waals surface area contributed by atoms with E-state index in [9.17, 15) is 4.79 Å². The third-order valence-electron chi connectivity index (χ3n) is 1.66. The predicted molar refractivity (Wildman–Crippen MR) is 59.7 cm³/mol. The molecule has 1 aromatic heterocycles. The number of rotatable bonds is 6. The van der Waals surface area contributed by atoms with Crippen LogP contribution in [-0.4, -0.2) is 34.2 Å². The number of carbonyl (C=O) groups is 1. The molecule has 5 heteroatoms. The Bertz CT molecular complexity index is 330. The van der Waals surface area contributed by atoms with Crippen LogP contribution in [0.2, 0.25) is 0 Å². The van der Waals surface area contributed by atoms with Crippen molar-refractivity contribution < 1.29 is 14.6 Å². The van der Waals surface area contributed by atoms with Crippen molar-refractivity contribution >= 4 is 17.7 Å². The van der Waals surface area contributed by atoms with Crippen molar-refractivity contribution in [2.75, 3.05) is 18.1 Å². The largest absolute Gasteiger partial charge is 0.491 e. The highest BCUT2D eigenvalue weighted by Gasteiger charge is 2.04. The smallest absolute Gasteiger partial charge is 0.337 e. The minimum Gasteiger partial charge on any atom is -0.491 e. The van der Waals surface area contributed by atoms with Crippen LogP contribution < -0.4 is 4.74 Å². The molecule has 1 rings (SSSR count). The molecule has 0 saturated heterocycles. The summed E-state index contributed by atoms with van der Waals surface area (Å²) in [6, 6.07) is 1.48. The van der Waals surface area contributed by atoms with Crippen LogP contribution in [-0.2, 0) is 0 Å². The standard InChI is InChI=1S/C10H13NO3S/c1-2-15-4-3-14-9-5-8(10(12)13)6-11-7-9/h5-7H,2-4H2,1H3,(H,12,13). The van der Waals surface area contributed by atoms with E-state index in [0.717, 1.165) is 11.5 Å². The Morgan fingerprint density at radius 1 is 1.60 bits per heavy atom. The SMILES string of the molecule is CCSCCOc1cncc(C(=O)O)c1. The maximum absolute atomic E-state index is 10.6. The molecule has 1 aromatic rings. The fraction of sp³-hybridized carbons (Fsp3) is 0.400. The van der Waals surface area contributed by atoms with Crippen molar-refractivity contribution in [3.05, 3.63) is 24.0 Å². The highest BCUT2D eigenvalue weighted by molar-refractivity contribution is 7.99. The Morgan fingerprint density at radius 2 is 2.40 bits per heavy atom. The Morgan fingerprint density at radius 3 is 3.07 bits per heavy atom. The summed E-state index contributed by atoms with van der Waals surface area (Å²) in [6.45, 7) is 2.65. The zero-order valence-electron chi connectivity index (χ0n) is 8.47. The molecule has 0 atom stereocenters.